The lowest BCUT2D eigenvalue weighted by atomic mass is 10.1. The lowest BCUT2D eigenvalue weighted by molar-refractivity contribution is 0.370. The van der Waals surface area contributed by atoms with Crippen LogP contribution in [0.1, 0.15) is 24.5 Å². The summed E-state index contributed by atoms with van der Waals surface area (Å²) >= 11 is 0. The van der Waals surface area contributed by atoms with E-state index in [0.29, 0.717) is 12.3 Å². The van der Waals surface area contributed by atoms with Gasteiger partial charge in [0.05, 0.1) is 13.7 Å². The number of phenols is 1. The highest BCUT2D eigenvalue weighted by atomic mass is 16.5. The molecule has 0 saturated carbocycles. The molecule has 0 aliphatic carbocycles. The molecule has 0 aliphatic rings. The van der Waals surface area contributed by atoms with Gasteiger partial charge < -0.3 is 20.5 Å². The number of ether oxygens (including phenoxy) is 1. The van der Waals surface area contributed by atoms with Gasteiger partial charge in [-0.05, 0) is 31.4 Å². The van der Waals surface area contributed by atoms with Crippen molar-refractivity contribution < 1.29 is 9.84 Å². The molecule has 0 aromatic heterocycles. The molecule has 2 aromatic carbocycles. The van der Waals surface area contributed by atoms with Gasteiger partial charge in [0.1, 0.15) is 0 Å². The number of nitrogens with one attached hydrogen (secondary N) is 2. The normalized spacial score (nSPS) is 11.2. The van der Waals surface area contributed by atoms with Crippen molar-refractivity contribution in [1.82, 2.24) is 10.6 Å². The summed E-state index contributed by atoms with van der Waals surface area (Å²) in [5.41, 5.74) is 2.08. The van der Waals surface area contributed by atoms with Crippen LogP contribution in [0.4, 0.5) is 0 Å². The maximum Gasteiger partial charge on any atom is 0.191 e. The molecule has 3 N–H and O–H groups in total. The number of benzene rings is 2. The fraction of sp³-hybridized carbons (Fsp3) is 0.350. The Kier molecular flexibility index (Phi) is 7.63. The maximum atomic E-state index is 10.1. The minimum Gasteiger partial charge on any atom is -0.504 e. The fourth-order valence-electron chi connectivity index (χ4n) is 2.51. The Hall–Kier alpha value is -2.69. The summed E-state index contributed by atoms with van der Waals surface area (Å²) in [7, 11) is 1.54. The number of aliphatic imine (C=N–C) groups is 1. The van der Waals surface area contributed by atoms with Crippen LogP contribution >= 0.6 is 0 Å². The van der Waals surface area contributed by atoms with Gasteiger partial charge in [0.25, 0.3) is 0 Å². The van der Waals surface area contributed by atoms with Gasteiger partial charge in [-0.15, -0.1) is 0 Å². The Balaban J connectivity index is 1.87. The van der Waals surface area contributed by atoms with Crippen molar-refractivity contribution in [2.24, 2.45) is 4.99 Å². The first-order valence-corrected chi connectivity index (χ1v) is 8.65. The van der Waals surface area contributed by atoms with Gasteiger partial charge in [-0.2, -0.15) is 0 Å². The van der Waals surface area contributed by atoms with E-state index in [1.165, 1.54) is 5.56 Å². The van der Waals surface area contributed by atoms with Crippen molar-refractivity contribution in [2.75, 3.05) is 20.2 Å². The van der Waals surface area contributed by atoms with E-state index < -0.39 is 0 Å². The molecular formula is C20H27N3O2. The summed E-state index contributed by atoms with van der Waals surface area (Å²) in [4.78, 5) is 4.54. The second-order valence-corrected chi connectivity index (χ2v) is 5.68. The lowest BCUT2D eigenvalue weighted by Gasteiger charge is -2.12. The number of phenolic OH excluding ortho intramolecular Hbond substituents is 1. The third-order valence-electron chi connectivity index (χ3n) is 3.83. The largest absolute Gasteiger partial charge is 0.504 e. The average molecular weight is 341 g/mol. The Morgan fingerprint density at radius 3 is 2.60 bits per heavy atom. The Morgan fingerprint density at radius 2 is 1.88 bits per heavy atom. The van der Waals surface area contributed by atoms with Crippen molar-refractivity contribution in [3.05, 3.63) is 59.7 Å². The summed E-state index contributed by atoms with van der Waals surface area (Å²) in [5, 5.41) is 16.7. The van der Waals surface area contributed by atoms with Crippen molar-refractivity contribution in [1.29, 1.82) is 0 Å². The fourth-order valence-corrected chi connectivity index (χ4v) is 2.51. The Labute approximate surface area is 149 Å². The number of aromatic hydroxyl groups is 1. The summed E-state index contributed by atoms with van der Waals surface area (Å²) in [6, 6.07) is 15.9. The number of hydrogen-bond acceptors (Lipinski definition) is 3. The van der Waals surface area contributed by atoms with E-state index in [9.17, 15) is 5.11 Å². The van der Waals surface area contributed by atoms with Crippen LogP contribution in [0.3, 0.4) is 0 Å². The molecule has 0 atom stereocenters. The van der Waals surface area contributed by atoms with Gasteiger partial charge in [-0.25, -0.2) is 4.99 Å². The molecule has 0 fully saturated rings. The predicted molar refractivity (Wildman–Crippen MR) is 102 cm³/mol. The van der Waals surface area contributed by atoms with Crippen LogP contribution in [-0.2, 0) is 13.0 Å². The van der Waals surface area contributed by atoms with Gasteiger partial charge in [-0.1, -0.05) is 42.5 Å². The van der Waals surface area contributed by atoms with E-state index in [-0.39, 0.29) is 5.75 Å². The molecule has 2 rings (SSSR count). The molecule has 0 aliphatic heterocycles. The highest BCUT2D eigenvalue weighted by Gasteiger charge is 2.07. The molecule has 0 unspecified atom stereocenters. The Morgan fingerprint density at radius 1 is 1.08 bits per heavy atom. The van der Waals surface area contributed by atoms with E-state index in [4.69, 9.17) is 4.74 Å². The van der Waals surface area contributed by atoms with Crippen LogP contribution in [0.25, 0.3) is 0 Å². The van der Waals surface area contributed by atoms with Crippen molar-refractivity contribution in [3.8, 4) is 11.5 Å². The SMILES string of the molecule is CCNC(=NCc1cccc(OC)c1O)NCCCc1ccccc1. The zero-order valence-electron chi connectivity index (χ0n) is 15.0. The molecule has 0 bridgehead atoms. The van der Waals surface area contributed by atoms with Gasteiger partial charge in [0, 0.05) is 18.7 Å². The number of nitrogens with zero attached hydrogens (tertiary/aromatic N) is 1. The van der Waals surface area contributed by atoms with Gasteiger partial charge in [0.15, 0.2) is 17.5 Å². The third-order valence-corrected chi connectivity index (χ3v) is 3.83. The molecule has 0 spiro atoms. The Bertz CT molecular complexity index is 672. The first-order valence-electron chi connectivity index (χ1n) is 8.65. The zero-order chi connectivity index (χ0) is 17.9. The lowest BCUT2D eigenvalue weighted by Crippen LogP contribution is -2.37. The van der Waals surface area contributed by atoms with Crippen LogP contribution in [0.5, 0.6) is 11.5 Å². The van der Waals surface area contributed by atoms with E-state index in [2.05, 4.69) is 39.9 Å². The standard InChI is InChI=1S/C20H27N3O2/c1-3-21-20(22-14-8-11-16-9-5-4-6-10-16)23-15-17-12-7-13-18(25-2)19(17)24/h4-7,9-10,12-13,24H,3,8,11,14-15H2,1-2H3,(H2,21,22,23). The smallest absolute Gasteiger partial charge is 0.191 e. The van der Waals surface area contributed by atoms with Crippen LogP contribution in [0.2, 0.25) is 0 Å². The van der Waals surface area contributed by atoms with Gasteiger partial charge in [0.2, 0.25) is 0 Å². The number of rotatable bonds is 8. The number of hydrogen-bond donors (Lipinski definition) is 3. The summed E-state index contributed by atoms with van der Waals surface area (Å²) in [5.74, 6) is 1.36. The topological polar surface area (TPSA) is 65.9 Å². The first kappa shape index (κ1) is 18.6. The summed E-state index contributed by atoms with van der Waals surface area (Å²) < 4.78 is 5.13. The van der Waals surface area contributed by atoms with E-state index in [1.807, 2.05) is 25.1 Å². The first-order chi connectivity index (χ1) is 12.2. The second kappa shape index (κ2) is 10.2. The van der Waals surface area contributed by atoms with Gasteiger partial charge >= 0.3 is 0 Å². The summed E-state index contributed by atoms with van der Waals surface area (Å²) in [6.07, 6.45) is 2.06. The van der Waals surface area contributed by atoms with E-state index >= 15 is 0 Å². The van der Waals surface area contributed by atoms with E-state index in [1.54, 1.807) is 13.2 Å². The van der Waals surface area contributed by atoms with Gasteiger partial charge in [-0.3, -0.25) is 0 Å². The minimum absolute atomic E-state index is 0.147. The molecule has 2 aromatic rings. The maximum absolute atomic E-state index is 10.1. The van der Waals surface area contributed by atoms with Crippen molar-refractivity contribution in [3.63, 3.8) is 0 Å². The molecule has 0 amide bonds. The monoisotopic (exact) mass is 341 g/mol. The molecule has 5 heteroatoms. The van der Waals surface area contributed by atoms with Crippen LogP contribution in [0, 0.1) is 0 Å². The molecule has 0 radical (unpaired) electrons. The predicted octanol–water partition coefficient (Wildman–Crippen LogP) is 3.09. The molecule has 5 nitrogen and oxygen atoms in total. The molecule has 0 heterocycles. The van der Waals surface area contributed by atoms with Crippen LogP contribution < -0.4 is 15.4 Å². The quantitative estimate of drug-likeness (QED) is 0.392. The number of guanidine groups is 1. The zero-order valence-corrected chi connectivity index (χ0v) is 15.0. The number of aryl methyl sites for hydroxylation is 1. The molecule has 0 saturated heterocycles. The molecular weight excluding hydrogens is 314 g/mol. The van der Waals surface area contributed by atoms with Crippen molar-refractivity contribution >= 4 is 5.96 Å². The molecule has 25 heavy (non-hydrogen) atoms. The molecule has 134 valence electrons. The van der Waals surface area contributed by atoms with Crippen LogP contribution in [-0.4, -0.2) is 31.3 Å². The number of methoxy groups -OCH3 is 1. The summed E-state index contributed by atoms with van der Waals surface area (Å²) in [6.45, 7) is 4.04. The highest BCUT2D eigenvalue weighted by molar-refractivity contribution is 5.79. The number of para-hydroxylation sites is 1. The highest BCUT2D eigenvalue weighted by Crippen LogP contribution is 2.29. The minimum atomic E-state index is 0.147. The van der Waals surface area contributed by atoms with Crippen LogP contribution in [0.15, 0.2) is 53.5 Å². The third kappa shape index (κ3) is 6.03. The second-order valence-electron chi connectivity index (χ2n) is 5.68. The average Bonchev–Trinajstić information content (AvgIpc) is 2.65. The van der Waals surface area contributed by atoms with E-state index in [0.717, 1.165) is 37.5 Å². The van der Waals surface area contributed by atoms with Crippen molar-refractivity contribution in [2.45, 2.75) is 26.3 Å².